The van der Waals surface area contributed by atoms with Crippen LogP contribution >= 0.6 is 11.6 Å². The van der Waals surface area contributed by atoms with Gasteiger partial charge in [0.1, 0.15) is 12.0 Å². The molecule has 86 valence electrons. The molecule has 0 fully saturated rings. The number of hydrogen-bond donors (Lipinski definition) is 2. The normalized spacial score (nSPS) is 22.2. The molecule has 1 aliphatic heterocycles. The van der Waals surface area contributed by atoms with E-state index in [1.807, 2.05) is 0 Å². The molecular formula is C8H9ClN4O2S. The highest BCUT2D eigenvalue weighted by Gasteiger charge is 2.22. The Balaban J connectivity index is 2.17. The van der Waals surface area contributed by atoms with Crippen molar-refractivity contribution in [3.8, 4) is 0 Å². The van der Waals surface area contributed by atoms with Gasteiger partial charge in [-0.1, -0.05) is 11.6 Å². The van der Waals surface area contributed by atoms with Gasteiger partial charge in [0.05, 0.1) is 11.8 Å². The zero-order chi connectivity index (χ0) is 11.8. The van der Waals surface area contributed by atoms with Gasteiger partial charge in [-0.2, -0.15) is 0 Å². The molecule has 0 saturated heterocycles. The molecule has 0 radical (unpaired) electrons. The summed E-state index contributed by atoms with van der Waals surface area (Å²) in [7, 11) is -3.10. The highest BCUT2D eigenvalue weighted by atomic mass is 35.5. The van der Waals surface area contributed by atoms with Crippen molar-refractivity contribution in [3.05, 3.63) is 23.0 Å². The summed E-state index contributed by atoms with van der Waals surface area (Å²) in [6.45, 7) is 0. The summed E-state index contributed by atoms with van der Waals surface area (Å²) in [5.41, 5.74) is 5.85. The highest BCUT2D eigenvalue weighted by molar-refractivity contribution is 7.94. The standard InChI is InChI=1S/C8H9ClN4O2S/c9-7-6(10)8(12-4-11-7)13-5-1-2-16(14,15)3-5/h1-2,4-5H,3,10H2,(H,11,12,13). The minimum absolute atomic E-state index is 0.00589. The minimum Gasteiger partial charge on any atom is -0.393 e. The van der Waals surface area contributed by atoms with E-state index >= 15 is 0 Å². The van der Waals surface area contributed by atoms with Gasteiger partial charge in [0.2, 0.25) is 0 Å². The monoisotopic (exact) mass is 260 g/mol. The first kappa shape index (κ1) is 11.2. The number of nitrogens with zero attached hydrogens (tertiary/aromatic N) is 2. The second-order valence-corrected chi connectivity index (χ2v) is 5.62. The Morgan fingerprint density at radius 3 is 2.88 bits per heavy atom. The van der Waals surface area contributed by atoms with Crippen LogP contribution in [-0.2, 0) is 9.84 Å². The zero-order valence-electron chi connectivity index (χ0n) is 8.09. The van der Waals surface area contributed by atoms with Gasteiger partial charge >= 0.3 is 0 Å². The minimum atomic E-state index is -3.10. The lowest BCUT2D eigenvalue weighted by Crippen LogP contribution is -2.22. The summed E-state index contributed by atoms with van der Waals surface area (Å²) >= 11 is 5.70. The predicted molar refractivity (Wildman–Crippen MR) is 61.8 cm³/mol. The average Bonchev–Trinajstić information content (AvgIpc) is 2.53. The van der Waals surface area contributed by atoms with Gasteiger partial charge in [-0.3, -0.25) is 0 Å². The Kier molecular flexibility index (Phi) is 2.73. The first-order chi connectivity index (χ1) is 7.48. The molecule has 0 bridgehead atoms. The number of nitrogens with two attached hydrogens (primary N) is 1. The summed E-state index contributed by atoms with van der Waals surface area (Å²) in [4.78, 5) is 7.59. The van der Waals surface area contributed by atoms with Crippen molar-refractivity contribution in [2.24, 2.45) is 0 Å². The van der Waals surface area contributed by atoms with Crippen LogP contribution in [-0.4, -0.2) is 30.2 Å². The fourth-order valence-corrected chi connectivity index (χ4v) is 2.70. The first-order valence-corrected chi connectivity index (χ1v) is 6.51. The average molecular weight is 261 g/mol. The highest BCUT2D eigenvalue weighted by Crippen LogP contribution is 2.23. The molecule has 3 N–H and O–H groups in total. The van der Waals surface area contributed by atoms with E-state index in [0.717, 1.165) is 0 Å². The number of nitrogen functional groups attached to an aromatic ring is 1. The SMILES string of the molecule is Nc1c(Cl)ncnc1NC1C=CS(=O)(=O)C1. The third kappa shape index (κ3) is 2.25. The molecule has 8 heteroatoms. The first-order valence-electron chi connectivity index (χ1n) is 4.41. The molecule has 2 heterocycles. The molecule has 1 aliphatic rings. The fourth-order valence-electron chi connectivity index (χ4n) is 1.33. The molecule has 1 unspecified atom stereocenters. The quantitative estimate of drug-likeness (QED) is 0.749. The molecule has 1 aromatic heterocycles. The van der Waals surface area contributed by atoms with Crippen LogP contribution in [0.5, 0.6) is 0 Å². The number of nitrogens with one attached hydrogen (secondary N) is 1. The predicted octanol–water partition coefficient (Wildman–Crippen LogP) is 0.435. The van der Waals surface area contributed by atoms with Gasteiger partial charge < -0.3 is 11.1 Å². The Morgan fingerprint density at radius 1 is 1.50 bits per heavy atom. The van der Waals surface area contributed by atoms with Crippen LogP contribution < -0.4 is 11.1 Å². The van der Waals surface area contributed by atoms with Crippen LogP contribution in [0.15, 0.2) is 17.8 Å². The Labute approximate surface area is 97.5 Å². The molecule has 0 spiro atoms. The molecule has 0 aliphatic carbocycles. The lowest BCUT2D eigenvalue weighted by Gasteiger charge is -2.12. The van der Waals surface area contributed by atoms with Gasteiger partial charge in [0.15, 0.2) is 20.8 Å². The van der Waals surface area contributed by atoms with Crippen LogP contribution in [0.4, 0.5) is 11.5 Å². The van der Waals surface area contributed by atoms with E-state index in [9.17, 15) is 8.42 Å². The van der Waals surface area contributed by atoms with E-state index in [0.29, 0.717) is 5.82 Å². The molecule has 1 aromatic rings. The van der Waals surface area contributed by atoms with Gasteiger partial charge in [0.25, 0.3) is 0 Å². The summed E-state index contributed by atoms with van der Waals surface area (Å²) in [6, 6.07) is -0.335. The molecule has 0 amide bonds. The molecule has 2 rings (SSSR count). The summed E-state index contributed by atoms with van der Waals surface area (Å²) < 4.78 is 22.3. The number of aromatic nitrogens is 2. The molecule has 0 aromatic carbocycles. The van der Waals surface area contributed by atoms with Crippen LogP contribution in [0, 0.1) is 0 Å². The van der Waals surface area contributed by atoms with E-state index in [1.54, 1.807) is 6.08 Å². The molecule has 6 nitrogen and oxygen atoms in total. The molecule has 1 atom stereocenters. The number of hydrogen-bond acceptors (Lipinski definition) is 6. The lowest BCUT2D eigenvalue weighted by atomic mass is 10.3. The van der Waals surface area contributed by atoms with Crippen LogP contribution in [0.1, 0.15) is 0 Å². The summed E-state index contributed by atoms with van der Waals surface area (Å²) in [6.07, 6.45) is 2.80. The van der Waals surface area contributed by atoms with Crippen LogP contribution in [0.25, 0.3) is 0 Å². The third-order valence-electron chi connectivity index (χ3n) is 2.09. The van der Waals surface area contributed by atoms with E-state index in [-0.39, 0.29) is 22.6 Å². The largest absolute Gasteiger partial charge is 0.393 e. The van der Waals surface area contributed by atoms with Crippen molar-refractivity contribution in [1.82, 2.24) is 9.97 Å². The summed E-state index contributed by atoms with van der Waals surface area (Å²) in [5, 5.41) is 4.19. The maximum atomic E-state index is 11.2. The number of sulfone groups is 1. The van der Waals surface area contributed by atoms with Gasteiger partial charge in [-0.25, -0.2) is 18.4 Å². The summed E-state index contributed by atoms with van der Waals surface area (Å²) in [5.74, 6) is 0.334. The zero-order valence-corrected chi connectivity index (χ0v) is 9.66. The molecule has 16 heavy (non-hydrogen) atoms. The Bertz CT molecular complexity index is 543. The van der Waals surface area contributed by atoms with E-state index < -0.39 is 9.84 Å². The van der Waals surface area contributed by atoms with E-state index in [2.05, 4.69) is 15.3 Å². The maximum absolute atomic E-state index is 11.2. The van der Waals surface area contributed by atoms with Crippen molar-refractivity contribution in [2.75, 3.05) is 16.8 Å². The number of halogens is 1. The second kappa shape index (κ2) is 3.91. The lowest BCUT2D eigenvalue weighted by molar-refractivity contribution is 0.605. The van der Waals surface area contributed by atoms with Gasteiger partial charge in [-0.15, -0.1) is 0 Å². The van der Waals surface area contributed by atoms with E-state index in [1.165, 1.54) is 11.7 Å². The van der Waals surface area contributed by atoms with Crippen molar-refractivity contribution in [2.45, 2.75) is 6.04 Å². The maximum Gasteiger partial charge on any atom is 0.173 e. The number of rotatable bonds is 2. The van der Waals surface area contributed by atoms with Gasteiger partial charge in [-0.05, 0) is 6.08 Å². The number of anilines is 2. The van der Waals surface area contributed by atoms with Crippen LogP contribution in [0.3, 0.4) is 0 Å². The van der Waals surface area contributed by atoms with Crippen molar-refractivity contribution in [3.63, 3.8) is 0 Å². The van der Waals surface area contributed by atoms with Crippen molar-refractivity contribution < 1.29 is 8.42 Å². The third-order valence-corrected chi connectivity index (χ3v) is 3.78. The molecule has 0 saturated carbocycles. The van der Waals surface area contributed by atoms with Crippen molar-refractivity contribution >= 4 is 32.9 Å². The Hall–Kier alpha value is -1.34. The second-order valence-electron chi connectivity index (χ2n) is 3.34. The van der Waals surface area contributed by atoms with Crippen molar-refractivity contribution in [1.29, 1.82) is 0 Å². The fraction of sp³-hybridized carbons (Fsp3) is 0.250. The van der Waals surface area contributed by atoms with Gasteiger partial charge in [0, 0.05) is 5.41 Å². The Morgan fingerprint density at radius 2 is 2.25 bits per heavy atom. The molecular weight excluding hydrogens is 252 g/mol. The smallest absolute Gasteiger partial charge is 0.173 e. The van der Waals surface area contributed by atoms with E-state index in [4.69, 9.17) is 17.3 Å². The topological polar surface area (TPSA) is 98.0 Å². The van der Waals surface area contributed by atoms with Crippen LogP contribution in [0.2, 0.25) is 5.15 Å².